The van der Waals surface area contributed by atoms with Gasteiger partial charge in [-0.05, 0) is 43.9 Å². The molecule has 0 unspecified atom stereocenters. The number of esters is 1. The molecule has 0 saturated carbocycles. The number of ether oxygens (including phenoxy) is 2. The van der Waals surface area contributed by atoms with E-state index in [1.165, 1.54) is 22.8 Å². The van der Waals surface area contributed by atoms with Crippen LogP contribution in [0.1, 0.15) is 43.5 Å². The third kappa shape index (κ3) is 7.79. The second kappa shape index (κ2) is 13.1. The summed E-state index contributed by atoms with van der Waals surface area (Å²) in [7, 11) is 0. The number of carbonyl (C=O) groups excluding carboxylic acids is 4. The summed E-state index contributed by atoms with van der Waals surface area (Å²) >= 11 is 0. The minimum absolute atomic E-state index is 0.0154. The topological polar surface area (TPSA) is 159 Å². The first kappa shape index (κ1) is 27.2. The number of nitrogens with two attached hydrogens (primary N) is 1. The number of rotatable bonds is 11. The van der Waals surface area contributed by atoms with Crippen LogP contribution in [-0.4, -0.2) is 41.1 Å². The van der Waals surface area contributed by atoms with E-state index in [9.17, 15) is 24.0 Å². The molecule has 0 spiro atoms. The number of benzene rings is 1. The summed E-state index contributed by atoms with van der Waals surface area (Å²) in [6, 6.07) is 10.7. The number of nitrogens with zero attached hydrogens (tertiary/aromatic N) is 1. The fourth-order valence-electron chi connectivity index (χ4n) is 3.94. The van der Waals surface area contributed by atoms with Crippen molar-refractivity contribution in [2.24, 2.45) is 5.73 Å². The normalized spacial score (nSPS) is 15.0. The zero-order valence-corrected chi connectivity index (χ0v) is 20.5. The minimum atomic E-state index is -0.836. The summed E-state index contributed by atoms with van der Waals surface area (Å²) in [5.41, 5.74) is 6.11. The Morgan fingerprint density at radius 2 is 1.89 bits per heavy atom. The molecule has 11 heteroatoms. The van der Waals surface area contributed by atoms with Crippen LogP contribution in [0.15, 0.2) is 59.4 Å². The lowest BCUT2D eigenvalue weighted by Gasteiger charge is -2.20. The fourth-order valence-corrected chi connectivity index (χ4v) is 3.94. The van der Waals surface area contributed by atoms with Gasteiger partial charge in [0.25, 0.3) is 5.56 Å². The van der Waals surface area contributed by atoms with Crippen LogP contribution >= 0.6 is 0 Å². The molecular weight excluding hydrogens is 480 g/mol. The summed E-state index contributed by atoms with van der Waals surface area (Å²) in [6.45, 7) is 1.90. The second-order valence-corrected chi connectivity index (χ2v) is 8.39. The van der Waals surface area contributed by atoms with Crippen LogP contribution in [0, 0.1) is 0 Å². The first-order valence-corrected chi connectivity index (χ1v) is 11.9. The highest BCUT2D eigenvalue weighted by Gasteiger charge is 2.31. The number of carbonyl (C=O) groups is 4. The number of nitrogens with one attached hydrogen (secondary N) is 2. The smallest absolute Gasteiger partial charge is 0.412 e. The van der Waals surface area contributed by atoms with E-state index in [1.54, 1.807) is 25.1 Å². The number of anilines is 1. The molecule has 3 rings (SSSR count). The third-order valence-electron chi connectivity index (χ3n) is 5.72. The first-order chi connectivity index (χ1) is 17.8. The number of hydrogen-bond acceptors (Lipinski definition) is 7. The van der Waals surface area contributed by atoms with Gasteiger partial charge in [0.1, 0.15) is 18.3 Å². The highest BCUT2D eigenvalue weighted by Crippen LogP contribution is 2.25. The molecule has 3 amide bonds. The maximum absolute atomic E-state index is 13.1. The predicted octanol–water partition coefficient (Wildman–Crippen LogP) is 1.95. The van der Waals surface area contributed by atoms with E-state index in [1.807, 2.05) is 18.2 Å². The summed E-state index contributed by atoms with van der Waals surface area (Å²) in [6.07, 6.45) is 2.81. The Bertz CT molecular complexity index is 1220. The Balaban J connectivity index is 1.70. The van der Waals surface area contributed by atoms with Gasteiger partial charge in [-0.25, -0.2) is 9.59 Å². The molecular formula is C26H30N4O7. The molecule has 1 aliphatic heterocycles. The number of aromatic nitrogens is 1. The SMILES string of the molecule is CCOC(=O)/C=C/[C@H](CCC(N)=O)NC(=O)[C@@H]1CCc2ccc(NC(=O)OCc3ccccc3)c(=O)n21. The van der Waals surface area contributed by atoms with Crippen LogP contribution in [0.25, 0.3) is 0 Å². The molecule has 0 fully saturated rings. The van der Waals surface area contributed by atoms with Crippen LogP contribution in [0.5, 0.6) is 0 Å². The van der Waals surface area contributed by atoms with E-state index in [2.05, 4.69) is 10.6 Å². The van der Waals surface area contributed by atoms with Crippen molar-refractivity contribution >= 4 is 29.6 Å². The Morgan fingerprint density at radius 1 is 1.14 bits per heavy atom. The number of amides is 3. The van der Waals surface area contributed by atoms with Crippen LogP contribution in [0.2, 0.25) is 0 Å². The number of fused-ring (bicyclic) bond motifs is 1. The predicted molar refractivity (Wildman–Crippen MR) is 134 cm³/mol. The van der Waals surface area contributed by atoms with Gasteiger partial charge in [-0.2, -0.15) is 0 Å². The molecule has 0 radical (unpaired) electrons. The van der Waals surface area contributed by atoms with Crippen molar-refractivity contribution in [3.05, 3.63) is 76.2 Å². The van der Waals surface area contributed by atoms with Gasteiger partial charge in [0.05, 0.1) is 6.61 Å². The molecule has 4 N–H and O–H groups in total. The van der Waals surface area contributed by atoms with Crippen molar-refractivity contribution < 1.29 is 28.7 Å². The van der Waals surface area contributed by atoms with E-state index in [4.69, 9.17) is 15.2 Å². The zero-order valence-electron chi connectivity index (χ0n) is 20.5. The lowest BCUT2D eigenvalue weighted by molar-refractivity contribution is -0.137. The summed E-state index contributed by atoms with van der Waals surface area (Å²) in [5, 5.41) is 5.21. The van der Waals surface area contributed by atoms with Crippen molar-refractivity contribution in [2.45, 2.75) is 51.3 Å². The van der Waals surface area contributed by atoms with Gasteiger partial charge in [0, 0.05) is 24.2 Å². The van der Waals surface area contributed by atoms with E-state index >= 15 is 0 Å². The van der Waals surface area contributed by atoms with Crippen molar-refractivity contribution in [1.29, 1.82) is 0 Å². The minimum Gasteiger partial charge on any atom is -0.463 e. The average Bonchev–Trinajstić information content (AvgIpc) is 3.32. The molecule has 2 atom stereocenters. The van der Waals surface area contributed by atoms with E-state index in [0.717, 1.165) is 5.56 Å². The molecule has 11 nitrogen and oxygen atoms in total. The van der Waals surface area contributed by atoms with Crippen molar-refractivity contribution in [3.8, 4) is 0 Å². The molecule has 0 saturated heterocycles. The van der Waals surface area contributed by atoms with Gasteiger partial charge in [-0.3, -0.25) is 24.3 Å². The Kier molecular flexibility index (Phi) is 9.59. The van der Waals surface area contributed by atoms with Gasteiger partial charge >= 0.3 is 12.1 Å². The van der Waals surface area contributed by atoms with Crippen LogP contribution in [0.4, 0.5) is 10.5 Å². The van der Waals surface area contributed by atoms with Crippen LogP contribution in [-0.2, 0) is 36.9 Å². The Labute approximate surface area is 213 Å². The van der Waals surface area contributed by atoms with E-state index in [0.29, 0.717) is 18.5 Å². The lowest BCUT2D eigenvalue weighted by Crippen LogP contribution is -2.41. The second-order valence-electron chi connectivity index (χ2n) is 8.39. The molecule has 2 aromatic rings. The molecule has 196 valence electrons. The number of pyridine rings is 1. The maximum Gasteiger partial charge on any atom is 0.412 e. The largest absolute Gasteiger partial charge is 0.463 e. The number of primary amides is 1. The Hall–Kier alpha value is -4.41. The highest BCUT2D eigenvalue weighted by molar-refractivity contribution is 5.85. The summed E-state index contributed by atoms with van der Waals surface area (Å²) < 4.78 is 11.4. The van der Waals surface area contributed by atoms with Gasteiger partial charge in [0.2, 0.25) is 11.8 Å². The first-order valence-electron chi connectivity index (χ1n) is 11.9. The van der Waals surface area contributed by atoms with E-state index < -0.39 is 41.5 Å². The molecule has 0 aliphatic carbocycles. The van der Waals surface area contributed by atoms with Crippen molar-refractivity contribution in [1.82, 2.24) is 9.88 Å². The van der Waals surface area contributed by atoms with Gasteiger partial charge in [-0.15, -0.1) is 0 Å². The van der Waals surface area contributed by atoms with Crippen molar-refractivity contribution in [3.63, 3.8) is 0 Å². The molecule has 1 aliphatic rings. The maximum atomic E-state index is 13.1. The highest BCUT2D eigenvalue weighted by atomic mass is 16.5. The fraction of sp³-hybridized carbons (Fsp3) is 0.346. The average molecular weight is 511 g/mol. The van der Waals surface area contributed by atoms with Crippen molar-refractivity contribution in [2.75, 3.05) is 11.9 Å². The summed E-state index contributed by atoms with van der Waals surface area (Å²) in [4.78, 5) is 61.5. The molecule has 37 heavy (non-hydrogen) atoms. The zero-order chi connectivity index (χ0) is 26.8. The quantitative estimate of drug-likeness (QED) is 0.308. The number of aryl methyl sites for hydroxylation is 1. The summed E-state index contributed by atoms with van der Waals surface area (Å²) in [5.74, 6) is -1.60. The van der Waals surface area contributed by atoms with Crippen LogP contribution < -0.4 is 21.9 Å². The van der Waals surface area contributed by atoms with E-state index in [-0.39, 0.29) is 31.7 Å². The van der Waals surface area contributed by atoms with Gasteiger partial charge in [0.15, 0.2) is 0 Å². The lowest BCUT2D eigenvalue weighted by atomic mass is 10.1. The Morgan fingerprint density at radius 3 is 2.59 bits per heavy atom. The van der Waals surface area contributed by atoms with Crippen LogP contribution in [0.3, 0.4) is 0 Å². The standard InChI is InChI=1S/C26H30N4O7/c1-2-36-23(32)15-9-18(8-14-22(27)31)28-24(33)21-13-11-19-10-12-20(25(34)30(19)21)29-26(35)37-16-17-6-4-3-5-7-17/h3-7,9-10,12,15,18,21H,2,8,11,13-14,16H2,1H3,(H2,27,31)(H,28,33)(H,29,35)/b15-9+/t18-,21-/m0/s1. The van der Waals surface area contributed by atoms with Gasteiger partial charge in [-0.1, -0.05) is 36.4 Å². The third-order valence-corrected chi connectivity index (χ3v) is 5.72. The van der Waals surface area contributed by atoms with Gasteiger partial charge < -0.3 is 20.5 Å². The molecule has 1 aromatic carbocycles. The molecule has 0 bridgehead atoms. The number of hydrogen-bond donors (Lipinski definition) is 3. The monoisotopic (exact) mass is 510 g/mol. The molecule has 2 heterocycles. The molecule has 1 aromatic heterocycles.